The average Bonchev–Trinajstić information content (AvgIpc) is 2.66. The molecular weight excluding hydrogens is 306 g/mol. The zero-order chi connectivity index (χ0) is 17.7. The molecule has 0 spiro atoms. The summed E-state index contributed by atoms with van der Waals surface area (Å²) in [5.74, 6) is 0.925. The summed E-state index contributed by atoms with van der Waals surface area (Å²) in [7, 11) is 1.72. The monoisotopic (exact) mass is 339 g/mol. The van der Waals surface area contributed by atoms with E-state index in [1.165, 1.54) is 49.7 Å². The maximum absolute atomic E-state index is 5.27. The summed E-state index contributed by atoms with van der Waals surface area (Å²) in [6, 6.07) is 19.3. The zero-order valence-electron chi connectivity index (χ0n) is 15.9. The molecule has 0 aliphatic heterocycles. The molecule has 0 unspecified atom stereocenters. The molecule has 0 aliphatic carbocycles. The first kappa shape index (κ1) is 19.5. The number of rotatable bonds is 12. The van der Waals surface area contributed by atoms with Crippen LogP contribution in [-0.4, -0.2) is 18.6 Å². The number of hydrogen-bond acceptors (Lipinski definition) is 2. The van der Waals surface area contributed by atoms with Crippen LogP contribution in [0, 0.1) is 0 Å². The maximum Gasteiger partial charge on any atom is 0.118 e. The van der Waals surface area contributed by atoms with Crippen LogP contribution >= 0.6 is 0 Å². The SMILES string of the molecule is CCCCCCCCN(Cc1ccccc1)Cc1ccc(OC)cc1. The van der Waals surface area contributed by atoms with Gasteiger partial charge in [0.05, 0.1) is 7.11 Å². The van der Waals surface area contributed by atoms with Crippen molar-refractivity contribution in [1.82, 2.24) is 4.90 Å². The van der Waals surface area contributed by atoms with Crippen molar-refractivity contribution in [3.63, 3.8) is 0 Å². The van der Waals surface area contributed by atoms with E-state index in [-0.39, 0.29) is 0 Å². The Morgan fingerprint density at radius 2 is 1.32 bits per heavy atom. The minimum atomic E-state index is 0.925. The van der Waals surface area contributed by atoms with Crippen molar-refractivity contribution in [3.8, 4) is 5.75 Å². The van der Waals surface area contributed by atoms with Crippen molar-refractivity contribution in [1.29, 1.82) is 0 Å². The van der Waals surface area contributed by atoms with Crippen LogP contribution in [0.2, 0.25) is 0 Å². The standard InChI is InChI=1S/C23H33NO/c1-3-4-5-6-7-11-18-24(19-21-12-9-8-10-13-21)20-22-14-16-23(25-2)17-15-22/h8-10,12-17H,3-7,11,18-20H2,1-2H3. The molecule has 25 heavy (non-hydrogen) atoms. The van der Waals surface area contributed by atoms with Crippen LogP contribution in [0.4, 0.5) is 0 Å². The van der Waals surface area contributed by atoms with Gasteiger partial charge in [0.25, 0.3) is 0 Å². The van der Waals surface area contributed by atoms with Crippen molar-refractivity contribution in [2.24, 2.45) is 0 Å². The Morgan fingerprint density at radius 1 is 0.720 bits per heavy atom. The van der Waals surface area contributed by atoms with Gasteiger partial charge < -0.3 is 4.74 Å². The third-order valence-electron chi connectivity index (χ3n) is 4.64. The lowest BCUT2D eigenvalue weighted by Gasteiger charge is -2.23. The van der Waals surface area contributed by atoms with E-state index in [0.29, 0.717) is 0 Å². The fourth-order valence-corrected chi connectivity index (χ4v) is 3.16. The Kier molecular flexibility index (Phi) is 9.14. The van der Waals surface area contributed by atoms with E-state index in [4.69, 9.17) is 4.74 Å². The van der Waals surface area contributed by atoms with E-state index >= 15 is 0 Å². The summed E-state index contributed by atoms with van der Waals surface area (Å²) in [5, 5.41) is 0. The summed E-state index contributed by atoms with van der Waals surface area (Å²) in [6.07, 6.45) is 8.07. The van der Waals surface area contributed by atoms with Crippen LogP contribution in [0.25, 0.3) is 0 Å². The van der Waals surface area contributed by atoms with E-state index in [1.807, 2.05) is 0 Å². The number of nitrogens with zero attached hydrogens (tertiary/aromatic N) is 1. The Bertz CT molecular complexity index is 564. The third-order valence-corrected chi connectivity index (χ3v) is 4.64. The lowest BCUT2D eigenvalue weighted by atomic mass is 10.1. The molecule has 0 fully saturated rings. The van der Waals surface area contributed by atoms with Gasteiger partial charge in [-0.15, -0.1) is 0 Å². The summed E-state index contributed by atoms with van der Waals surface area (Å²) < 4.78 is 5.27. The minimum Gasteiger partial charge on any atom is -0.497 e. The number of methoxy groups -OCH3 is 1. The average molecular weight is 340 g/mol. The summed E-state index contributed by atoms with van der Waals surface area (Å²) in [4.78, 5) is 2.57. The summed E-state index contributed by atoms with van der Waals surface area (Å²) in [6.45, 7) is 5.44. The molecular formula is C23H33NO. The first-order chi connectivity index (χ1) is 12.3. The topological polar surface area (TPSA) is 12.5 Å². The molecule has 0 amide bonds. The Hall–Kier alpha value is -1.80. The molecule has 136 valence electrons. The molecule has 2 aromatic carbocycles. The van der Waals surface area contributed by atoms with Gasteiger partial charge in [0.15, 0.2) is 0 Å². The second kappa shape index (κ2) is 11.7. The smallest absolute Gasteiger partial charge is 0.118 e. The quantitative estimate of drug-likeness (QED) is 0.436. The van der Waals surface area contributed by atoms with Crippen molar-refractivity contribution in [2.45, 2.75) is 58.5 Å². The largest absolute Gasteiger partial charge is 0.497 e. The number of hydrogen-bond donors (Lipinski definition) is 0. The molecule has 0 aliphatic rings. The minimum absolute atomic E-state index is 0.925. The van der Waals surface area contributed by atoms with Crippen molar-refractivity contribution < 1.29 is 4.74 Å². The Balaban J connectivity index is 1.88. The third kappa shape index (κ3) is 7.74. The van der Waals surface area contributed by atoms with Crippen LogP contribution in [0.1, 0.15) is 56.6 Å². The highest BCUT2D eigenvalue weighted by molar-refractivity contribution is 5.27. The zero-order valence-corrected chi connectivity index (χ0v) is 15.9. The van der Waals surface area contributed by atoms with Gasteiger partial charge in [-0.2, -0.15) is 0 Å². The fourth-order valence-electron chi connectivity index (χ4n) is 3.16. The second-order valence-electron chi connectivity index (χ2n) is 6.81. The highest BCUT2D eigenvalue weighted by atomic mass is 16.5. The lowest BCUT2D eigenvalue weighted by molar-refractivity contribution is 0.250. The van der Waals surface area contributed by atoms with Gasteiger partial charge in [-0.1, -0.05) is 81.5 Å². The van der Waals surface area contributed by atoms with Crippen molar-refractivity contribution >= 4 is 0 Å². The second-order valence-corrected chi connectivity index (χ2v) is 6.81. The predicted octanol–water partition coefficient (Wildman–Crippen LogP) is 6.06. The van der Waals surface area contributed by atoms with Crippen LogP contribution < -0.4 is 4.74 Å². The van der Waals surface area contributed by atoms with Gasteiger partial charge in [-0.3, -0.25) is 4.90 Å². The van der Waals surface area contributed by atoms with Gasteiger partial charge in [0, 0.05) is 13.1 Å². The van der Waals surface area contributed by atoms with Crippen LogP contribution in [0.15, 0.2) is 54.6 Å². The van der Waals surface area contributed by atoms with Gasteiger partial charge >= 0.3 is 0 Å². The van der Waals surface area contributed by atoms with Crippen LogP contribution in [0.3, 0.4) is 0 Å². The number of ether oxygens (including phenoxy) is 1. The lowest BCUT2D eigenvalue weighted by Crippen LogP contribution is -2.24. The van der Waals surface area contributed by atoms with Gasteiger partial charge in [-0.25, -0.2) is 0 Å². The first-order valence-corrected chi connectivity index (χ1v) is 9.71. The van der Waals surface area contributed by atoms with E-state index in [9.17, 15) is 0 Å². The molecule has 2 nitrogen and oxygen atoms in total. The normalized spacial score (nSPS) is 11.0. The van der Waals surface area contributed by atoms with E-state index in [0.717, 1.165) is 25.4 Å². The van der Waals surface area contributed by atoms with E-state index in [2.05, 4.69) is 66.4 Å². The van der Waals surface area contributed by atoms with E-state index < -0.39 is 0 Å². The molecule has 0 saturated carbocycles. The molecule has 0 bridgehead atoms. The molecule has 0 heterocycles. The molecule has 2 rings (SSSR count). The molecule has 0 saturated heterocycles. The number of benzene rings is 2. The van der Waals surface area contributed by atoms with Gasteiger partial charge in [-0.05, 0) is 36.2 Å². The molecule has 0 radical (unpaired) electrons. The maximum atomic E-state index is 5.27. The van der Waals surface area contributed by atoms with Gasteiger partial charge in [0.2, 0.25) is 0 Å². The molecule has 0 aromatic heterocycles. The van der Waals surface area contributed by atoms with Crippen LogP contribution in [0.5, 0.6) is 5.75 Å². The predicted molar refractivity (Wildman–Crippen MR) is 107 cm³/mol. The highest BCUT2D eigenvalue weighted by Gasteiger charge is 2.07. The molecule has 0 N–H and O–H groups in total. The van der Waals surface area contributed by atoms with Crippen molar-refractivity contribution in [2.75, 3.05) is 13.7 Å². The van der Waals surface area contributed by atoms with Crippen LogP contribution in [-0.2, 0) is 13.1 Å². The molecule has 2 heteroatoms. The van der Waals surface area contributed by atoms with E-state index in [1.54, 1.807) is 7.11 Å². The highest BCUT2D eigenvalue weighted by Crippen LogP contribution is 2.16. The fraction of sp³-hybridized carbons (Fsp3) is 0.478. The molecule has 2 aromatic rings. The summed E-state index contributed by atoms with van der Waals surface area (Å²) in [5.41, 5.74) is 2.74. The summed E-state index contributed by atoms with van der Waals surface area (Å²) >= 11 is 0. The Labute approximate surface area is 153 Å². The number of unbranched alkanes of at least 4 members (excludes halogenated alkanes) is 5. The Morgan fingerprint density at radius 3 is 1.96 bits per heavy atom. The van der Waals surface area contributed by atoms with Crippen molar-refractivity contribution in [3.05, 3.63) is 65.7 Å². The molecule has 0 atom stereocenters. The van der Waals surface area contributed by atoms with Gasteiger partial charge in [0.1, 0.15) is 5.75 Å². The first-order valence-electron chi connectivity index (χ1n) is 9.71.